The van der Waals surface area contributed by atoms with Crippen molar-refractivity contribution in [3.05, 3.63) is 230 Å². The maximum Gasteiger partial charge on any atom is 0.164 e. The summed E-state index contributed by atoms with van der Waals surface area (Å²) < 4.78 is 0. The molecule has 0 aliphatic heterocycles. The average Bonchev–Trinajstić information content (AvgIpc) is 3.64. The summed E-state index contributed by atoms with van der Waals surface area (Å²) in [5, 5.41) is 2.43. The Morgan fingerprint density at radius 1 is 0.299 bits per heavy atom. The Kier molecular flexibility index (Phi) is 9.72. The Labute approximate surface area is 389 Å². The molecule has 0 saturated carbocycles. The molecule has 7 aromatic carbocycles. The highest BCUT2D eigenvalue weighted by Gasteiger charge is 2.37. The van der Waals surface area contributed by atoms with E-state index in [-0.39, 0.29) is 5.41 Å². The van der Waals surface area contributed by atoms with E-state index >= 15 is 0 Å². The van der Waals surface area contributed by atoms with Crippen LogP contribution >= 0.6 is 0 Å². The Morgan fingerprint density at radius 2 is 0.761 bits per heavy atom. The first-order chi connectivity index (χ1) is 32.9. The smallest absolute Gasteiger partial charge is 0.164 e. The fourth-order valence-corrected chi connectivity index (χ4v) is 9.67. The van der Waals surface area contributed by atoms with E-state index in [1.165, 1.54) is 33.0 Å². The molecule has 0 radical (unpaired) electrons. The van der Waals surface area contributed by atoms with E-state index in [0.717, 1.165) is 72.7 Å². The van der Waals surface area contributed by atoms with Crippen LogP contribution < -0.4 is 0 Å². The summed E-state index contributed by atoms with van der Waals surface area (Å²) >= 11 is 0. The fraction of sp³-hybridized carbons (Fsp3) is 0.0492. The molecule has 12 rings (SSSR count). The van der Waals surface area contributed by atoms with Gasteiger partial charge in [-0.25, -0.2) is 15.0 Å². The molecule has 0 bridgehead atoms. The Bertz CT molecular complexity index is 3530. The van der Waals surface area contributed by atoms with Gasteiger partial charge in [0.1, 0.15) is 0 Å². The van der Waals surface area contributed by atoms with Crippen molar-refractivity contribution < 1.29 is 0 Å². The summed E-state index contributed by atoms with van der Waals surface area (Å²) in [4.78, 5) is 29.7. The molecule has 0 unspecified atom stereocenters. The lowest BCUT2D eigenvalue weighted by Gasteiger charge is -2.23. The zero-order valence-electron chi connectivity index (χ0n) is 37.0. The van der Waals surface area contributed by atoms with E-state index in [9.17, 15) is 0 Å². The maximum atomic E-state index is 5.31. The summed E-state index contributed by atoms with van der Waals surface area (Å²) in [5.41, 5.74) is 17.9. The van der Waals surface area contributed by atoms with E-state index in [1.807, 2.05) is 67.1 Å². The van der Waals surface area contributed by atoms with Crippen molar-refractivity contribution in [3.63, 3.8) is 0 Å². The van der Waals surface area contributed by atoms with Gasteiger partial charge in [-0.15, -0.1) is 0 Å². The van der Waals surface area contributed by atoms with E-state index in [1.54, 1.807) is 0 Å². The molecule has 4 aromatic heterocycles. The second-order valence-corrected chi connectivity index (χ2v) is 17.5. The molecule has 316 valence electrons. The van der Waals surface area contributed by atoms with Crippen molar-refractivity contribution in [2.45, 2.75) is 19.3 Å². The summed E-state index contributed by atoms with van der Waals surface area (Å²) in [6.07, 6.45) is 5.47. The van der Waals surface area contributed by atoms with E-state index < -0.39 is 0 Å². The van der Waals surface area contributed by atoms with Gasteiger partial charge in [-0.05, 0) is 122 Å². The molecular weight excluding hydrogens is 817 g/mol. The molecular formula is C61H42N6. The quantitative estimate of drug-likeness (QED) is 0.151. The SMILES string of the molecule is CC1(C)c2ccccc2-c2c1cc(-c1cc(-c3cccc(-c4ccccn4)c3)cc(-c3nc(-c4ccc(-c5ccccn5)cc4)nc(-c4ccc(-c5ccccn5)cc4)n3)c1)c1ccccc21. The molecule has 67 heavy (non-hydrogen) atoms. The normalized spacial score (nSPS) is 12.4. The van der Waals surface area contributed by atoms with Crippen LogP contribution in [0, 0.1) is 0 Å². The number of rotatable bonds is 8. The third-order valence-corrected chi connectivity index (χ3v) is 13.1. The first-order valence-electron chi connectivity index (χ1n) is 22.6. The minimum Gasteiger partial charge on any atom is -0.256 e. The van der Waals surface area contributed by atoms with Crippen molar-refractivity contribution in [2.24, 2.45) is 0 Å². The number of hydrogen-bond acceptors (Lipinski definition) is 6. The highest BCUT2D eigenvalue weighted by molar-refractivity contribution is 6.09. The maximum absolute atomic E-state index is 5.31. The fourth-order valence-electron chi connectivity index (χ4n) is 9.67. The zero-order valence-corrected chi connectivity index (χ0v) is 37.0. The first-order valence-corrected chi connectivity index (χ1v) is 22.6. The molecule has 0 amide bonds. The van der Waals surface area contributed by atoms with Crippen LogP contribution in [0.25, 0.3) is 112 Å². The van der Waals surface area contributed by atoms with Crippen molar-refractivity contribution in [2.75, 3.05) is 0 Å². The van der Waals surface area contributed by atoms with Gasteiger partial charge in [0, 0.05) is 57.4 Å². The molecule has 0 N–H and O–H groups in total. The summed E-state index contributed by atoms with van der Waals surface area (Å²) in [6.45, 7) is 4.70. The monoisotopic (exact) mass is 858 g/mol. The molecule has 0 fully saturated rings. The molecule has 0 atom stereocenters. The van der Waals surface area contributed by atoms with Gasteiger partial charge in [0.05, 0.1) is 17.1 Å². The zero-order chi connectivity index (χ0) is 44.9. The van der Waals surface area contributed by atoms with Crippen LogP contribution in [0.1, 0.15) is 25.0 Å². The van der Waals surface area contributed by atoms with Gasteiger partial charge in [0.2, 0.25) is 0 Å². The summed E-state index contributed by atoms with van der Waals surface area (Å²) in [5.74, 6) is 1.73. The van der Waals surface area contributed by atoms with Gasteiger partial charge in [-0.1, -0.05) is 147 Å². The number of pyridine rings is 3. The molecule has 1 aliphatic carbocycles. The van der Waals surface area contributed by atoms with E-state index in [2.05, 4.69) is 175 Å². The van der Waals surface area contributed by atoms with Gasteiger partial charge in [-0.3, -0.25) is 15.0 Å². The van der Waals surface area contributed by atoms with Crippen LogP contribution in [-0.4, -0.2) is 29.9 Å². The molecule has 6 nitrogen and oxygen atoms in total. The Morgan fingerprint density at radius 3 is 1.36 bits per heavy atom. The lowest BCUT2D eigenvalue weighted by molar-refractivity contribution is 0.661. The molecule has 4 heterocycles. The minimum atomic E-state index is -0.196. The lowest BCUT2D eigenvalue weighted by atomic mass is 9.80. The second kappa shape index (κ2) is 16.4. The topological polar surface area (TPSA) is 77.3 Å². The van der Waals surface area contributed by atoms with Crippen LogP contribution in [0.2, 0.25) is 0 Å². The predicted molar refractivity (Wildman–Crippen MR) is 272 cm³/mol. The number of hydrogen-bond donors (Lipinski definition) is 0. The average molecular weight is 859 g/mol. The largest absolute Gasteiger partial charge is 0.256 e. The number of nitrogens with zero attached hydrogens (tertiary/aromatic N) is 6. The van der Waals surface area contributed by atoms with Crippen LogP contribution in [0.4, 0.5) is 0 Å². The number of benzene rings is 7. The van der Waals surface area contributed by atoms with Gasteiger partial charge < -0.3 is 0 Å². The van der Waals surface area contributed by atoms with Gasteiger partial charge in [0.15, 0.2) is 17.5 Å². The van der Waals surface area contributed by atoms with E-state index in [0.29, 0.717) is 17.5 Å². The molecule has 6 heteroatoms. The Balaban J connectivity index is 1.08. The van der Waals surface area contributed by atoms with Gasteiger partial charge in [0.25, 0.3) is 0 Å². The number of aromatic nitrogens is 6. The molecule has 1 aliphatic rings. The van der Waals surface area contributed by atoms with Crippen molar-refractivity contribution in [3.8, 4) is 101 Å². The van der Waals surface area contributed by atoms with Crippen molar-refractivity contribution in [1.82, 2.24) is 29.9 Å². The number of fused-ring (bicyclic) bond motifs is 5. The standard InChI is InChI=1S/C61H42N6/c1-61(2)52-19-6-5-18-50(52)57-49-17-4-3-16-48(49)51(38-53(57)61)46-35-45(43-14-13-15-44(34-43)56-22-9-12-33-64-56)36-47(37-46)60-66-58(41-27-23-39(24-28-41)54-20-7-10-31-62-54)65-59(67-60)42-29-25-40(26-30-42)55-21-8-11-32-63-55/h3-38H,1-2H3. The van der Waals surface area contributed by atoms with Crippen molar-refractivity contribution >= 4 is 10.8 Å². The molecule has 0 saturated heterocycles. The Hall–Kier alpha value is -8.74. The second-order valence-electron chi connectivity index (χ2n) is 17.5. The van der Waals surface area contributed by atoms with Crippen molar-refractivity contribution in [1.29, 1.82) is 0 Å². The molecule has 0 spiro atoms. The van der Waals surface area contributed by atoms with Crippen LogP contribution in [0.15, 0.2) is 219 Å². The van der Waals surface area contributed by atoms with E-state index in [4.69, 9.17) is 19.9 Å². The molecule has 11 aromatic rings. The summed E-state index contributed by atoms with van der Waals surface area (Å²) in [6, 6.07) is 70.1. The van der Waals surface area contributed by atoms with Crippen LogP contribution in [-0.2, 0) is 5.41 Å². The lowest BCUT2D eigenvalue weighted by Crippen LogP contribution is -2.15. The third kappa shape index (κ3) is 7.25. The highest BCUT2D eigenvalue weighted by atomic mass is 15.0. The van der Waals surface area contributed by atoms with Gasteiger partial charge >= 0.3 is 0 Å². The third-order valence-electron chi connectivity index (χ3n) is 13.1. The van der Waals surface area contributed by atoms with Crippen LogP contribution in [0.3, 0.4) is 0 Å². The van der Waals surface area contributed by atoms with Gasteiger partial charge in [-0.2, -0.15) is 0 Å². The first kappa shape index (κ1) is 39.8. The highest BCUT2D eigenvalue weighted by Crippen LogP contribution is 2.53. The summed E-state index contributed by atoms with van der Waals surface area (Å²) in [7, 11) is 0. The predicted octanol–water partition coefficient (Wildman–Crippen LogP) is 14.9. The van der Waals surface area contributed by atoms with Crippen LogP contribution in [0.5, 0.6) is 0 Å². The minimum absolute atomic E-state index is 0.196.